The molecule has 0 amide bonds. The third kappa shape index (κ3) is 5.22. The van der Waals surface area contributed by atoms with E-state index in [-0.39, 0.29) is 0 Å². The fraction of sp³-hybridized carbons (Fsp3) is 0.700. The summed E-state index contributed by atoms with van der Waals surface area (Å²) in [7, 11) is 0. The van der Waals surface area contributed by atoms with E-state index in [4.69, 9.17) is 10.5 Å². The molecule has 1 fully saturated rings. The van der Waals surface area contributed by atoms with Crippen LogP contribution < -0.4 is 15.8 Å². The Labute approximate surface area is 142 Å². The van der Waals surface area contributed by atoms with Gasteiger partial charge in [-0.2, -0.15) is 0 Å². The molecule has 3 heteroatoms. The Kier molecular flexibility index (Phi) is 6.91. The maximum Gasteiger partial charge on any atom is 0.119 e. The second-order valence-electron chi connectivity index (χ2n) is 7.68. The van der Waals surface area contributed by atoms with Gasteiger partial charge in [-0.05, 0) is 48.6 Å². The van der Waals surface area contributed by atoms with E-state index in [2.05, 4.69) is 33.0 Å². The van der Waals surface area contributed by atoms with Crippen molar-refractivity contribution in [2.45, 2.75) is 52.6 Å². The molecule has 1 aromatic rings. The first-order valence-electron chi connectivity index (χ1n) is 9.15. The number of nitrogens with one attached hydrogen (secondary N) is 1. The minimum absolute atomic E-state index is 0.341. The quantitative estimate of drug-likeness (QED) is 0.754. The largest absolute Gasteiger partial charge is 0.492 e. The summed E-state index contributed by atoms with van der Waals surface area (Å²) in [5, 5.41) is 3.70. The molecule has 0 heterocycles. The Bertz CT molecular complexity index is 428. The van der Waals surface area contributed by atoms with Gasteiger partial charge in [-0.15, -0.1) is 0 Å². The van der Waals surface area contributed by atoms with Crippen LogP contribution in [0.15, 0.2) is 30.3 Å². The van der Waals surface area contributed by atoms with Crippen molar-refractivity contribution in [2.75, 3.05) is 13.2 Å². The zero-order chi connectivity index (χ0) is 16.8. The Morgan fingerprint density at radius 3 is 2.13 bits per heavy atom. The van der Waals surface area contributed by atoms with Crippen LogP contribution in [0.25, 0.3) is 0 Å². The molecule has 3 N–H and O–H groups in total. The fourth-order valence-electron chi connectivity index (χ4n) is 3.93. The van der Waals surface area contributed by atoms with E-state index in [1.807, 2.05) is 30.3 Å². The van der Waals surface area contributed by atoms with Gasteiger partial charge in [-0.1, -0.05) is 45.9 Å². The summed E-state index contributed by atoms with van der Waals surface area (Å²) in [6, 6.07) is 10.9. The van der Waals surface area contributed by atoms with Crippen LogP contribution in [0.4, 0.5) is 0 Å². The summed E-state index contributed by atoms with van der Waals surface area (Å²) in [5.74, 6) is 3.47. The second-order valence-corrected chi connectivity index (χ2v) is 7.68. The normalized spacial score (nSPS) is 28.3. The molecule has 0 aromatic heterocycles. The molecule has 2 unspecified atom stereocenters. The van der Waals surface area contributed by atoms with Crippen LogP contribution in [0.3, 0.4) is 0 Å². The fourth-order valence-corrected chi connectivity index (χ4v) is 3.93. The van der Waals surface area contributed by atoms with E-state index in [1.165, 1.54) is 12.8 Å². The van der Waals surface area contributed by atoms with Gasteiger partial charge in [-0.25, -0.2) is 0 Å². The molecule has 1 aliphatic rings. The summed E-state index contributed by atoms with van der Waals surface area (Å²) < 4.78 is 5.78. The highest BCUT2D eigenvalue weighted by Gasteiger charge is 2.37. The van der Waals surface area contributed by atoms with Gasteiger partial charge in [-0.3, -0.25) is 0 Å². The number of ether oxygens (including phenoxy) is 1. The first-order chi connectivity index (χ1) is 11.0. The summed E-state index contributed by atoms with van der Waals surface area (Å²) in [6.07, 6.45) is 2.38. The number of rotatable bonds is 7. The van der Waals surface area contributed by atoms with Crippen molar-refractivity contribution in [3.05, 3.63) is 30.3 Å². The molecule has 23 heavy (non-hydrogen) atoms. The van der Waals surface area contributed by atoms with E-state index in [9.17, 15) is 0 Å². The van der Waals surface area contributed by atoms with Gasteiger partial charge in [0.15, 0.2) is 0 Å². The van der Waals surface area contributed by atoms with Crippen molar-refractivity contribution in [2.24, 2.45) is 29.4 Å². The van der Waals surface area contributed by atoms with Gasteiger partial charge >= 0.3 is 0 Å². The highest BCUT2D eigenvalue weighted by molar-refractivity contribution is 5.20. The number of para-hydroxylation sites is 1. The highest BCUT2D eigenvalue weighted by atomic mass is 16.5. The van der Waals surface area contributed by atoms with Crippen molar-refractivity contribution < 1.29 is 4.74 Å². The van der Waals surface area contributed by atoms with E-state index < -0.39 is 0 Å². The van der Waals surface area contributed by atoms with Crippen molar-refractivity contribution in [1.82, 2.24) is 5.32 Å². The zero-order valence-corrected chi connectivity index (χ0v) is 15.2. The number of hydrogen-bond donors (Lipinski definition) is 2. The van der Waals surface area contributed by atoms with Gasteiger partial charge < -0.3 is 15.8 Å². The van der Waals surface area contributed by atoms with Gasteiger partial charge in [0.1, 0.15) is 12.4 Å². The monoisotopic (exact) mass is 318 g/mol. The summed E-state index contributed by atoms with van der Waals surface area (Å²) in [6.45, 7) is 10.8. The van der Waals surface area contributed by atoms with Crippen LogP contribution in [0.2, 0.25) is 0 Å². The van der Waals surface area contributed by atoms with Crippen molar-refractivity contribution >= 4 is 0 Å². The Morgan fingerprint density at radius 2 is 1.61 bits per heavy atom. The van der Waals surface area contributed by atoms with Crippen LogP contribution >= 0.6 is 0 Å². The van der Waals surface area contributed by atoms with E-state index in [0.29, 0.717) is 42.4 Å². The average Bonchev–Trinajstić information content (AvgIpc) is 2.53. The number of benzene rings is 1. The maximum atomic E-state index is 6.57. The first-order valence-corrected chi connectivity index (χ1v) is 9.15. The summed E-state index contributed by atoms with van der Waals surface area (Å²) >= 11 is 0. The van der Waals surface area contributed by atoms with Crippen LogP contribution in [-0.2, 0) is 0 Å². The summed E-state index contributed by atoms with van der Waals surface area (Å²) in [5.41, 5.74) is 6.57. The molecule has 0 bridgehead atoms. The topological polar surface area (TPSA) is 47.3 Å². The highest BCUT2D eigenvalue weighted by Crippen LogP contribution is 2.36. The Hall–Kier alpha value is -1.06. The Morgan fingerprint density at radius 1 is 1.04 bits per heavy atom. The van der Waals surface area contributed by atoms with Crippen LogP contribution in [0.1, 0.15) is 40.5 Å². The van der Waals surface area contributed by atoms with Crippen LogP contribution in [-0.4, -0.2) is 25.2 Å². The molecule has 3 nitrogen and oxygen atoms in total. The van der Waals surface area contributed by atoms with Gasteiger partial charge in [0.2, 0.25) is 0 Å². The minimum atomic E-state index is 0.341. The van der Waals surface area contributed by atoms with E-state index in [1.54, 1.807) is 0 Å². The lowest BCUT2D eigenvalue weighted by Gasteiger charge is -2.44. The molecule has 0 radical (unpaired) electrons. The third-order valence-corrected chi connectivity index (χ3v) is 5.36. The lowest BCUT2D eigenvalue weighted by atomic mass is 9.67. The lowest BCUT2D eigenvalue weighted by molar-refractivity contribution is 0.111. The lowest BCUT2D eigenvalue weighted by Crippen LogP contribution is -2.52. The van der Waals surface area contributed by atoms with Crippen LogP contribution in [0, 0.1) is 23.7 Å². The van der Waals surface area contributed by atoms with Crippen molar-refractivity contribution in [3.63, 3.8) is 0 Å². The molecule has 1 aliphatic carbocycles. The molecule has 130 valence electrons. The summed E-state index contributed by atoms with van der Waals surface area (Å²) in [4.78, 5) is 0. The predicted molar refractivity (Wildman–Crippen MR) is 97.6 cm³/mol. The number of hydrogen-bond acceptors (Lipinski definition) is 3. The molecule has 2 atom stereocenters. The van der Waals surface area contributed by atoms with Crippen LogP contribution in [0.5, 0.6) is 5.75 Å². The van der Waals surface area contributed by atoms with E-state index in [0.717, 1.165) is 12.3 Å². The standard InChI is InChI=1S/C20H34N2O/c1-14(2)18-12-16(13-19(15(3)4)20(18)21)22-10-11-23-17-8-6-5-7-9-17/h5-9,14-16,18-20,22H,10-13,21H2,1-4H3. The molecule has 2 rings (SSSR count). The molecule has 1 aromatic carbocycles. The van der Waals surface area contributed by atoms with Crippen molar-refractivity contribution in [3.8, 4) is 5.75 Å². The molecular weight excluding hydrogens is 284 g/mol. The Balaban J connectivity index is 1.81. The molecule has 0 spiro atoms. The van der Waals surface area contributed by atoms with E-state index >= 15 is 0 Å². The van der Waals surface area contributed by atoms with Crippen molar-refractivity contribution in [1.29, 1.82) is 0 Å². The zero-order valence-electron chi connectivity index (χ0n) is 15.2. The minimum Gasteiger partial charge on any atom is -0.492 e. The predicted octanol–water partition coefficient (Wildman–Crippen LogP) is 3.69. The molecule has 0 saturated heterocycles. The molecular formula is C20H34N2O. The average molecular weight is 319 g/mol. The maximum absolute atomic E-state index is 6.57. The third-order valence-electron chi connectivity index (χ3n) is 5.36. The second kappa shape index (κ2) is 8.70. The van der Waals surface area contributed by atoms with Gasteiger partial charge in [0.25, 0.3) is 0 Å². The molecule has 0 aliphatic heterocycles. The first kappa shape index (κ1) is 18.3. The van der Waals surface area contributed by atoms with Gasteiger partial charge in [0, 0.05) is 18.6 Å². The number of nitrogens with two attached hydrogens (primary N) is 1. The smallest absolute Gasteiger partial charge is 0.119 e. The SMILES string of the molecule is CC(C)C1CC(NCCOc2ccccc2)CC(C(C)C)C1N. The molecule has 1 saturated carbocycles. The van der Waals surface area contributed by atoms with Gasteiger partial charge in [0.05, 0.1) is 0 Å².